The molecule has 0 aliphatic rings. The van der Waals surface area contributed by atoms with Gasteiger partial charge in [-0.05, 0) is 37.0 Å². The van der Waals surface area contributed by atoms with E-state index in [0.717, 1.165) is 30.6 Å². The van der Waals surface area contributed by atoms with E-state index in [2.05, 4.69) is 22.1 Å². The molecule has 0 atom stereocenters. The second-order valence-corrected chi connectivity index (χ2v) is 4.85. The van der Waals surface area contributed by atoms with Gasteiger partial charge in [0.15, 0.2) is 0 Å². The number of nitrogens with zero attached hydrogens (tertiary/aromatic N) is 2. The Labute approximate surface area is 122 Å². The largest absolute Gasteiger partial charge is 0.497 e. The van der Waals surface area contributed by atoms with Gasteiger partial charge in [0.1, 0.15) is 22.4 Å². The van der Waals surface area contributed by atoms with E-state index in [1.54, 1.807) is 7.11 Å². The Balaban J connectivity index is 1.92. The molecule has 2 rings (SSSR count). The van der Waals surface area contributed by atoms with E-state index >= 15 is 0 Å². The third kappa shape index (κ3) is 3.82. The van der Waals surface area contributed by atoms with E-state index in [-0.39, 0.29) is 0 Å². The quantitative estimate of drug-likeness (QED) is 0.783. The molecule has 0 saturated heterocycles. The van der Waals surface area contributed by atoms with Crippen LogP contribution in [-0.4, -0.2) is 17.1 Å². The molecule has 0 saturated carbocycles. The van der Waals surface area contributed by atoms with Crippen LogP contribution in [0.5, 0.6) is 5.75 Å². The molecule has 0 spiro atoms. The van der Waals surface area contributed by atoms with E-state index in [1.165, 1.54) is 11.9 Å². The minimum atomic E-state index is 0.440. The molecule has 19 heavy (non-hydrogen) atoms. The Bertz CT molecular complexity index is 523. The van der Waals surface area contributed by atoms with E-state index in [0.29, 0.717) is 10.3 Å². The average Bonchev–Trinajstić information content (AvgIpc) is 2.43. The van der Waals surface area contributed by atoms with Crippen LogP contribution < -0.4 is 4.74 Å². The van der Waals surface area contributed by atoms with Crippen molar-refractivity contribution in [2.24, 2.45) is 0 Å². The molecule has 0 N–H and O–H groups in total. The van der Waals surface area contributed by atoms with Crippen molar-refractivity contribution in [2.75, 3.05) is 7.11 Å². The molecule has 0 bridgehead atoms. The lowest BCUT2D eigenvalue weighted by Crippen LogP contribution is -1.95. The summed E-state index contributed by atoms with van der Waals surface area (Å²) >= 11 is 12.0. The first kappa shape index (κ1) is 14.1. The molecule has 0 amide bonds. The number of ether oxygens (including phenoxy) is 1. The standard InChI is InChI=1S/C14H14Cl2N2O/c1-19-11-7-5-10(6-8-11)3-2-4-12-13(15)17-9-18-14(12)16/h5-9H,2-4H2,1H3. The van der Waals surface area contributed by atoms with Crippen LogP contribution in [-0.2, 0) is 12.8 Å². The van der Waals surface area contributed by atoms with Gasteiger partial charge in [-0.25, -0.2) is 9.97 Å². The summed E-state index contributed by atoms with van der Waals surface area (Å²) in [4.78, 5) is 7.88. The zero-order chi connectivity index (χ0) is 13.7. The first-order valence-corrected chi connectivity index (χ1v) is 6.74. The van der Waals surface area contributed by atoms with Gasteiger partial charge in [0, 0.05) is 5.56 Å². The van der Waals surface area contributed by atoms with Gasteiger partial charge in [0.2, 0.25) is 0 Å². The Kier molecular flexibility index (Phi) is 5.00. The highest BCUT2D eigenvalue weighted by molar-refractivity contribution is 6.34. The Morgan fingerprint density at radius 3 is 2.21 bits per heavy atom. The SMILES string of the molecule is COc1ccc(CCCc2c(Cl)ncnc2Cl)cc1. The van der Waals surface area contributed by atoms with Crippen molar-refractivity contribution in [3.05, 3.63) is 52.0 Å². The lowest BCUT2D eigenvalue weighted by molar-refractivity contribution is 0.414. The number of aryl methyl sites for hydroxylation is 1. The number of halogens is 2. The summed E-state index contributed by atoms with van der Waals surface area (Å²) in [6.07, 6.45) is 4.03. The zero-order valence-corrected chi connectivity index (χ0v) is 12.1. The van der Waals surface area contributed by atoms with Gasteiger partial charge < -0.3 is 4.74 Å². The third-order valence-electron chi connectivity index (χ3n) is 2.89. The molecule has 0 aliphatic carbocycles. The first-order valence-electron chi connectivity index (χ1n) is 5.98. The number of methoxy groups -OCH3 is 1. The summed E-state index contributed by atoms with van der Waals surface area (Å²) in [6, 6.07) is 8.04. The Morgan fingerprint density at radius 2 is 1.63 bits per heavy atom. The fraction of sp³-hybridized carbons (Fsp3) is 0.286. The number of aromatic nitrogens is 2. The number of hydrogen-bond acceptors (Lipinski definition) is 3. The lowest BCUT2D eigenvalue weighted by Gasteiger charge is -2.06. The maximum Gasteiger partial charge on any atom is 0.137 e. The number of rotatable bonds is 5. The zero-order valence-electron chi connectivity index (χ0n) is 10.6. The van der Waals surface area contributed by atoms with Crippen molar-refractivity contribution >= 4 is 23.2 Å². The van der Waals surface area contributed by atoms with Gasteiger partial charge in [-0.2, -0.15) is 0 Å². The molecular formula is C14H14Cl2N2O. The maximum absolute atomic E-state index is 6.00. The predicted octanol–water partition coefficient (Wildman–Crippen LogP) is 3.97. The van der Waals surface area contributed by atoms with Gasteiger partial charge in [-0.1, -0.05) is 35.3 Å². The summed E-state index contributed by atoms with van der Waals surface area (Å²) in [7, 11) is 1.66. The maximum atomic E-state index is 6.00. The van der Waals surface area contributed by atoms with E-state index < -0.39 is 0 Å². The van der Waals surface area contributed by atoms with Crippen molar-refractivity contribution < 1.29 is 4.74 Å². The molecule has 5 heteroatoms. The van der Waals surface area contributed by atoms with E-state index in [9.17, 15) is 0 Å². The minimum Gasteiger partial charge on any atom is -0.497 e. The summed E-state index contributed by atoms with van der Waals surface area (Å²) in [6.45, 7) is 0. The summed E-state index contributed by atoms with van der Waals surface area (Å²) in [5, 5.41) is 0.879. The van der Waals surface area contributed by atoms with Crippen LogP contribution >= 0.6 is 23.2 Å². The normalized spacial score (nSPS) is 10.5. The average molecular weight is 297 g/mol. The van der Waals surface area contributed by atoms with Crippen LogP contribution in [0.4, 0.5) is 0 Å². The molecule has 0 aliphatic heterocycles. The summed E-state index contributed by atoms with van der Waals surface area (Å²) < 4.78 is 5.12. The fourth-order valence-electron chi connectivity index (χ4n) is 1.84. The molecule has 0 fully saturated rings. The van der Waals surface area contributed by atoms with Crippen LogP contribution in [0.3, 0.4) is 0 Å². The van der Waals surface area contributed by atoms with Crippen molar-refractivity contribution in [2.45, 2.75) is 19.3 Å². The number of benzene rings is 1. The molecule has 0 radical (unpaired) electrons. The molecule has 1 aromatic carbocycles. The van der Waals surface area contributed by atoms with Gasteiger partial charge in [-0.15, -0.1) is 0 Å². The highest BCUT2D eigenvalue weighted by atomic mass is 35.5. The second-order valence-electron chi connectivity index (χ2n) is 4.14. The van der Waals surface area contributed by atoms with Crippen molar-refractivity contribution in [3.63, 3.8) is 0 Å². The van der Waals surface area contributed by atoms with Crippen molar-refractivity contribution in [3.8, 4) is 5.75 Å². The Morgan fingerprint density at radius 1 is 1.00 bits per heavy atom. The molecule has 2 aromatic rings. The Hall–Kier alpha value is -1.32. The van der Waals surface area contributed by atoms with E-state index in [4.69, 9.17) is 27.9 Å². The van der Waals surface area contributed by atoms with Crippen LogP contribution in [0, 0.1) is 0 Å². The fourth-order valence-corrected chi connectivity index (χ4v) is 2.34. The van der Waals surface area contributed by atoms with Gasteiger partial charge in [0.25, 0.3) is 0 Å². The molecule has 0 unspecified atom stereocenters. The highest BCUT2D eigenvalue weighted by Gasteiger charge is 2.07. The molecule has 1 heterocycles. The lowest BCUT2D eigenvalue weighted by atomic mass is 10.1. The molecule has 1 aromatic heterocycles. The first-order chi connectivity index (χ1) is 9.20. The van der Waals surface area contributed by atoms with Crippen LogP contribution in [0.25, 0.3) is 0 Å². The molecule has 100 valence electrons. The third-order valence-corrected chi connectivity index (χ3v) is 3.54. The van der Waals surface area contributed by atoms with Crippen LogP contribution in [0.15, 0.2) is 30.6 Å². The van der Waals surface area contributed by atoms with E-state index in [1.807, 2.05) is 12.1 Å². The topological polar surface area (TPSA) is 35.0 Å². The predicted molar refractivity (Wildman–Crippen MR) is 77.1 cm³/mol. The summed E-state index contributed by atoms with van der Waals surface area (Å²) in [5.74, 6) is 0.867. The van der Waals surface area contributed by atoms with Crippen LogP contribution in [0.2, 0.25) is 10.3 Å². The molecule has 3 nitrogen and oxygen atoms in total. The van der Waals surface area contributed by atoms with Gasteiger partial charge in [-0.3, -0.25) is 0 Å². The monoisotopic (exact) mass is 296 g/mol. The highest BCUT2D eigenvalue weighted by Crippen LogP contribution is 2.22. The van der Waals surface area contributed by atoms with Crippen molar-refractivity contribution in [1.29, 1.82) is 0 Å². The molecular weight excluding hydrogens is 283 g/mol. The number of hydrogen-bond donors (Lipinski definition) is 0. The minimum absolute atomic E-state index is 0.440. The smallest absolute Gasteiger partial charge is 0.137 e. The second kappa shape index (κ2) is 6.73. The van der Waals surface area contributed by atoms with Gasteiger partial charge in [0.05, 0.1) is 7.11 Å². The van der Waals surface area contributed by atoms with Crippen LogP contribution in [0.1, 0.15) is 17.5 Å². The summed E-state index contributed by atoms with van der Waals surface area (Å²) in [5.41, 5.74) is 2.07. The van der Waals surface area contributed by atoms with Crippen molar-refractivity contribution in [1.82, 2.24) is 9.97 Å². The van der Waals surface area contributed by atoms with Gasteiger partial charge >= 0.3 is 0 Å².